The van der Waals surface area contributed by atoms with Crippen molar-refractivity contribution >= 4 is 32.9 Å². The summed E-state index contributed by atoms with van der Waals surface area (Å²) in [6, 6.07) is 6.43. The van der Waals surface area contributed by atoms with Gasteiger partial charge in [-0.1, -0.05) is 29.8 Å². The summed E-state index contributed by atoms with van der Waals surface area (Å²) in [4.78, 5) is 4.39. The van der Waals surface area contributed by atoms with E-state index in [2.05, 4.69) is 52.3 Å². The van der Waals surface area contributed by atoms with Crippen molar-refractivity contribution in [3.05, 3.63) is 22.7 Å². The number of nitrogens with two attached hydrogens (primary N) is 1. The molecule has 0 saturated heterocycles. The largest absolute Gasteiger partial charge is 0.369 e. The summed E-state index contributed by atoms with van der Waals surface area (Å²) in [6.45, 7) is 6.55. The lowest BCUT2D eigenvalue weighted by Gasteiger charge is -2.19. The molecule has 1 heterocycles. The summed E-state index contributed by atoms with van der Waals surface area (Å²) < 4.78 is 3.13. The van der Waals surface area contributed by atoms with Gasteiger partial charge in [0, 0.05) is 10.5 Å². The molecule has 1 unspecified atom stereocenters. The van der Waals surface area contributed by atoms with Crippen molar-refractivity contribution < 1.29 is 0 Å². The molecule has 1 aromatic carbocycles. The van der Waals surface area contributed by atoms with Gasteiger partial charge in [-0.05, 0) is 31.0 Å². The average molecular weight is 282 g/mol. The normalized spacial score (nSPS) is 13.6. The van der Waals surface area contributed by atoms with Crippen molar-refractivity contribution in [3.8, 4) is 0 Å². The van der Waals surface area contributed by atoms with Gasteiger partial charge in [0.15, 0.2) is 0 Å². The standard InChI is InChI=1S/C12H16BrN3/c1-7(2)8(3)16-11-5-4-9(13)6-10(11)15-12(16)14/h4-8H,1-3H3,(H2,14,15). The molecule has 0 amide bonds. The Morgan fingerprint density at radius 1 is 1.31 bits per heavy atom. The highest BCUT2D eigenvalue weighted by molar-refractivity contribution is 9.10. The van der Waals surface area contributed by atoms with E-state index in [0.29, 0.717) is 17.9 Å². The smallest absolute Gasteiger partial charge is 0.201 e. The first kappa shape index (κ1) is 11.5. The molecule has 0 spiro atoms. The molecule has 0 saturated carbocycles. The fraction of sp³-hybridized carbons (Fsp3) is 0.417. The molecule has 1 aromatic heterocycles. The van der Waals surface area contributed by atoms with Gasteiger partial charge in [-0.2, -0.15) is 0 Å². The van der Waals surface area contributed by atoms with E-state index in [1.807, 2.05) is 12.1 Å². The van der Waals surface area contributed by atoms with Gasteiger partial charge in [-0.25, -0.2) is 4.98 Å². The lowest BCUT2D eigenvalue weighted by Crippen LogP contribution is -2.13. The fourth-order valence-corrected chi connectivity index (χ4v) is 2.17. The van der Waals surface area contributed by atoms with E-state index in [4.69, 9.17) is 5.73 Å². The summed E-state index contributed by atoms with van der Waals surface area (Å²) in [5.41, 5.74) is 8.02. The van der Waals surface area contributed by atoms with Gasteiger partial charge in [-0.3, -0.25) is 0 Å². The Labute approximate surface area is 104 Å². The Kier molecular flexibility index (Phi) is 2.93. The third-order valence-electron chi connectivity index (χ3n) is 3.05. The minimum Gasteiger partial charge on any atom is -0.369 e. The van der Waals surface area contributed by atoms with Gasteiger partial charge in [-0.15, -0.1) is 0 Å². The maximum absolute atomic E-state index is 5.98. The van der Waals surface area contributed by atoms with Gasteiger partial charge in [0.25, 0.3) is 0 Å². The SMILES string of the molecule is CC(C)C(C)n1c(N)nc2cc(Br)ccc21. The number of rotatable bonds is 2. The van der Waals surface area contributed by atoms with Crippen LogP contribution in [0.25, 0.3) is 11.0 Å². The fourth-order valence-electron chi connectivity index (χ4n) is 1.82. The van der Waals surface area contributed by atoms with Crippen LogP contribution in [0, 0.1) is 5.92 Å². The van der Waals surface area contributed by atoms with Crippen LogP contribution in [0.5, 0.6) is 0 Å². The molecule has 0 bridgehead atoms. The van der Waals surface area contributed by atoms with Crippen molar-refractivity contribution in [3.63, 3.8) is 0 Å². The summed E-state index contributed by atoms with van der Waals surface area (Å²) in [7, 11) is 0. The number of nitrogens with zero attached hydrogens (tertiary/aromatic N) is 2. The molecule has 0 aliphatic carbocycles. The molecule has 1 atom stereocenters. The molecule has 2 N–H and O–H groups in total. The Morgan fingerprint density at radius 3 is 2.62 bits per heavy atom. The monoisotopic (exact) mass is 281 g/mol. The third-order valence-corrected chi connectivity index (χ3v) is 3.54. The summed E-state index contributed by atoms with van der Waals surface area (Å²) >= 11 is 3.44. The number of nitrogen functional groups attached to an aromatic ring is 1. The Morgan fingerprint density at radius 2 is 2.00 bits per heavy atom. The molecule has 0 aliphatic rings. The van der Waals surface area contributed by atoms with E-state index < -0.39 is 0 Å². The zero-order valence-corrected chi connectivity index (χ0v) is 11.3. The second-order valence-electron chi connectivity index (χ2n) is 4.46. The lowest BCUT2D eigenvalue weighted by molar-refractivity contribution is 0.421. The van der Waals surface area contributed by atoms with Crippen LogP contribution in [0.1, 0.15) is 26.8 Å². The van der Waals surface area contributed by atoms with Gasteiger partial charge in [0.2, 0.25) is 5.95 Å². The molecule has 0 aliphatic heterocycles. The molecule has 86 valence electrons. The van der Waals surface area contributed by atoms with E-state index in [0.717, 1.165) is 15.5 Å². The highest BCUT2D eigenvalue weighted by Crippen LogP contribution is 2.28. The Bertz CT molecular complexity index is 516. The van der Waals surface area contributed by atoms with Crippen LogP contribution in [0.4, 0.5) is 5.95 Å². The molecule has 16 heavy (non-hydrogen) atoms. The maximum Gasteiger partial charge on any atom is 0.201 e. The maximum atomic E-state index is 5.98. The van der Waals surface area contributed by atoms with Gasteiger partial charge >= 0.3 is 0 Å². The van der Waals surface area contributed by atoms with E-state index in [1.54, 1.807) is 0 Å². The highest BCUT2D eigenvalue weighted by atomic mass is 79.9. The minimum absolute atomic E-state index is 0.353. The predicted molar refractivity (Wildman–Crippen MR) is 71.4 cm³/mol. The second-order valence-corrected chi connectivity index (χ2v) is 5.37. The highest BCUT2D eigenvalue weighted by Gasteiger charge is 2.16. The van der Waals surface area contributed by atoms with Gasteiger partial charge in [0.05, 0.1) is 11.0 Å². The van der Waals surface area contributed by atoms with Crippen LogP contribution >= 0.6 is 15.9 Å². The topological polar surface area (TPSA) is 43.8 Å². The van der Waals surface area contributed by atoms with Gasteiger partial charge < -0.3 is 10.3 Å². The van der Waals surface area contributed by atoms with Crippen LogP contribution in [0.15, 0.2) is 22.7 Å². The number of hydrogen-bond donors (Lipinski definition) is 1. The number of anilines is 1. The summed E-state index contributed by atoms with van der Waals surface area (Å²) in [6.07, 6.45) is 0. The van der Waals surface area contributed by atoms with Crippen molar-refractivity contribution in [2.24, 2.45) is 5.92 Å². The first-order chi connectivity index (χ1) is 7.50. The van der Waals surface area contributed by atoms with E-state index in [9.17, 15) is 0 Å². The van der Waals surface area contributed by atoms with E-state index in [1.165, 1.54) is 0 Å². The number of halogens is 1. The quantitative estimate of drug-likeness (QED) is 0.914. The van der Waals surface area contributed by atoms with Crippen LogP contribution in [0.2, 0.25) is 0 Å². The molecule has 2 aromatic rings. The zero-order chi connectivity index (χ0) is 11.9. The molecular weight excluding hydrogens is 266 g/mol. The first-order valence-corrected chi connectivity index (χ1v) is 6.23. The molecule has 0 fully saturated rings. The Hall–Kier alpha value is -1.03. The van der Waals surface area contributed by atoms with Crippen LogP contribution in [-0.4, -0.2) is 9.55 Å². The van der Waals surface area contributed by atoms with Crippen molar-refractivity contribution in [1.29, 1.82) is 0 Å². The van der Waals surface area contributed by atoms with E-state index >= 15 is 0 Å². The lowest BCUT2D eigenvalue weighted by atomic mass is 10.1. The molecule has 0 radical (unpaired) electrons. The molecule has 2 rings (SSSR count). The van der Waals surface area contributed by atoms with Gasteiger partial charge in [0.1, 0.15) is 0 Å². The number of hydrogen-bond acceptors (Lipinski definition) is 2. The zero-order valence-electron chi connectivity index (χ0n) is 9.74. The first-order valence-electron chi connectivity index (χ1n) is 5.43. The summed E-state index contributed by atoms with van der Waals surface area (Å²) in [5.74, 6) is 1.12. The molecule has 4 heteroatoms. The van der Waals surface area contributed by atoms with Crippen molar-refractivity contribution in [2.75, 3.05) is 5.73 Å². The number of imidazole rings is 1. The van der Waals surface area contributed by atoms with Crippen LogP contribution in [0.3, 0.4) is 0 Å². The summed E-state index contributed by atoms with van der Waals surface area (Å²) in [5, 5.41) is 0. The predicted octanol–water partition coefficient (Wildman–Crippen LogP) is 3.60. The van der Waals surface area contributed by atoms with E-state index in [-0.39, 0.29) is 0 Å². The van der Waals surface area contributed by atoms with Crippen molar-refractivity contribution in [2.45, 2.75) is 26.8 Å². The number of aromatic nitrogens is 2. The second kappa shape index (κ2) is 4.09. The average Bonchev–Trinajstić information content (AvgIpc) is 2.51. The number of benzene rings is 1. The molecule has 3 nitrogen and oxygen atoms in total. The van der Waals surface area contributed by atoms with Crippen LogP contribution in [-0.2, 0) is 0 Å². The Balaban J connectivity index is 2.65. The third kappa shape index (κ3) is 1.82. The van der Waals surface area contributed by atoms with Crippen LogP contribution < -0.4 is 5.73 Å². The minimum atomic E-state index is 0.353. The number of fused-ring (bicyclic) bond motifs is 1. The van der Waals surface area contributed by atoms with Crippen molar-refractivity contribution in [1.82, 2.24) is 9.55 Å². The molecular formula is C12H16BrN3.